The molecule has 3 heteroatoms. The number of hydrogen-bond acceptors (Lipinski definition) is 2. The minimum atomic E-state index is -1.10. The molecule has 18 heavy (non-hydrogen) atoms. The zero-order chi connectivity index (χ0) is 13.0. The number of benzene rings is 1. The third-order valence-corrected chi connectivity index (χ3v) is 3.27. The lowest BCUT2D eigenvalue weighted by molar-refractivity contribution is -0.145. The SMILES string of the molecule is CC#CCC1(O)CCC(=O)N1Cc1ccccc1. The third kappa shape index (κ3) is 2.55. The van der Waals surface area contributed by atoms with Crippen LogP contribution in [-0.2, 0) is 11.3 Å². The summed E-state index contributed by atoms with van der Waals surface area (Å²) in [7, 11) is 0. The first kappa shape index (κ1) is 12.7. The van der Waals surface area contributed by atoms with Crippen molar-refractivity contribution < 1.29 is 9.90 Å². The van der Waals surface area contributed by atoms with E-state index in [-0.39, 0.29) is 5.91 Å². The van der Waals surface area contributed by atoms with Gasteiger partial charge in [-0.15, -0.1) is 5.92 Å². The summed E-state index contributed by atoms with van der Waals surface area (Å²) in [5, 5.41) is 10.5. The summed E-state index contributed by atoms with van der Waals surface area (Å²) in [6.07, 6.45) is 1.18. The van der Waals surface area contributed by atoms with Gasteiger partial charge < -0.3 is 10.0 Å². The van der Waals surface area contributed by atoms with Crippen LogP contribution in [0.2, 0.25) is 0 Å². The topological polar surface area (TPSA) is 40.5 Å². The predicted octanol–water partition coefficient (Wildman–Crippen LogP) is 1.91. The van der Waals surface area contributed by atoms with Crippen LogP contribution < -0.4 is 0 Å². The summed E-state index contributed by atoms with van der Waals surface area (Å²) in [6, 6.07) is 9.71. The van der Waals surface area contributed by atoms with Gasteiger partial charge in [-0.25, -0.2) is 0 Å². The maximum absolute atomic E-state index is 11.9. The van der Waals surface area contributed by atoms with Gasteiger partial charge in [0.1, 0.15) is 0 Å². The number of nitrogens with zero attached hydrogens (tertiary/aromatic N) is 1. The minimum Gasteiger partial charge on any atom is -0.370 e. The Bertz CT molecular complexity index is 486. The molecule has 0 aromatic heterocycles. The van der Waals surface area contributed by atoms with E-state index in [0.717, 1.165) is 5.56 Å². The summed E-state index contributed by atoms with van der Waals surface area (Å²) < 4.78 is 0. The highest BCUT2D eigenvalue weighted by Crippen LogP contribution is 2.32. The maximum atomic E-state index is 11.9. The molecule has 1 atom stereocenters. The maximum Gasteiger partial charge on any atom is 0.225 e. The molecule has 1 aliphatic rings. The van der Waals surface area contributed by atoms with Crippen LogP contribution in [0.25, 0.3) is 0 Å². The van der Waals surface area contributed by atoms with Gasteiger partial charge in [0.25, 0.3) is 0 Å². The minimum absolute atomic E-state index is 0.000689. The molecular formula is C15H17NO2. The second kappa shape index (κ2) is 5.24. The third-order valence-electron chi connectivity index (χ3n) is 3.27. The first-order chi connectivity index (χ1) is 8.65. The van der Waals surface area contributed by atoms with E-state index in [0.29, 0.717) is 25.8 Å². The average molecular weight is 243 g/mol. The van der Waals surface area contributed by atoms with Crippen LogP contribution >= 0.6 is 0 Å². The van der Waals surface area contributed by atoms with Crippen molar-refractivity contribution in [3.05, 3.63) is 35.9 Å². The van der Waals surface area contributed by atoms with Gasteiger partial charge in [-0.1, -0.05) is 36.3 Å². The van der Waals surface area contributed by atoms with Gasteiger partial charge in [0.2, 0.25) is 5.91 Å². The van der Waals surface area contributed by atoms with Crippen molar-refractivity contribution in [3.63, 3.8) is 0 Å². The molecule has 0 aliphatic carbocycles. The van der Waals surface area contributed by atoms with E-state index in [2.05, 4.69) is 11.8 Å². The summed E-state index contributed by atoms with van der Waals surface area (Å²) in [4.78, 5) is 13.4. The quantitative estimate of drug-likeness (QED) is 0.824. The number of likely N-dealkylation sites (tertiary alicyclic amines) is 1. The Balaban J connectivity index is 2.17. The van der Waals surface area contributed by atoms with E-state index in [4.69, 9.17) is 0 Å². The zero-order valence-electron chi connectivity index (χ0n) is 10.5. The zero-order valence-corrected chi connectivity index (χ0v) is 10.5. The molecular weight excluding hydrogens is 226 g/mol. The molecule has 1 fully saturated rings. The summed E-state index contributed by atoms with van der Waals surface area (Å²) >= 11 is 0. The fourth-order valence-corrected chi connectivity index (χ4v) is 2.22. The number of rotatable bonds is 3. The van der Waals surface area contributed by atoms with Crippen LogP contribution in [0, 0.1) is 11.8 Å². The van der Waals surface area contributed by atoms with E-state index in [1.165, 1.54) is 0 Å². The lowest BCUT2D eigenvalue weighted by atomic mass is 10.1. The van der Waals surface area contributed by atoms with Crippen molar-refractivity contribution in [2.75, 3.05) is 0 Å². The number of aliphatic hydroxyl groups is 1. The molecule has 1 saturated heterocycles. The van der Waals surface area contributed by atoms with Gasteiger partial charge in [0, 0.05) is 19.4 Å². The summed E-state index contributed by atoms with van der Waals surface area (Å²) in [6.45, 7) is 2.18. The normalized spacial score (nSPS) is 22.8. The molecule has 0 bridgehead atoms. The number of carbonyl (C=O) groups is 1. The highest BCUT2D eigenvalue weighted by Gasteiger charge is 2.42. The van der Waals surface area contributed by atoms with Gasteiger partial charge >= 0.3 is 0 Å². The second-order valence-electron chi connectivity index (χ2n) is 4.55. The molecule has 0 radical (unpaired) electrons. The molecule has 1 N–H and O–H groups in total. The highest BCUT2D eigenvalue weighted by atomic mass is 16.3. The smallest absolute Gasteiger partial charge is 0.225 e. The van der Waals surface area contributed by atoms with Crippen LogP contribution in [0.3, 0.4) is 0 Å². The van der Waals surface area contributed by atoms with Crippen molar-refractivity contribution in [3.8, 4) is 11.8 Å². The van der Waals surface area contributed by atoms with Crippen LogP contribution in [0.4, 0.5) is 0 Å². The first-order valence-corrected chi connectivity index (χ1v) is 6.12. The Morgan fingerprint density at radius 3 is 2.78 bits per heavy atom. The molecule has 94 valence electrons. The summed E-state index contributed by atoms with van der Waals surface area (Å²) in [5.74, 6) is 5.64. The van der Waals surface area contributed by atoms with Crippen LogP contribution in [0.15, 0.2) is 30.3 Å². The standard InChI is InChI=1S/C15H17NO2/c1-2-3-10-15(18)11-9-14(17)16(15)12-13-7-5-4-6-8-13/h4-8,18H,9-12H2,1H3. The van der Waals surface area contributed by atoms with E-state index < -0.39 is 5.72 Å². The largest absolute Gasteiger partial charge is 0.370 e. The fourth-order valence-electron chi connectivity index (χ4n) is 2.22. The molecule has 3 nitrogen and oxygen atoms in total. The lowest BCUT2D eigenvalue weighted by Gasteiger charge is -2.32. The van der Waals surface area contributed by atoms with Crippen molar-refractivity contribution >= 4 is 5.91 Å². The average Bonchev–Trinajstić information content (AvgIpc) is 2.67. The Morgan fingerprint density at radius 2 is 2.11 bits per heavy atom. The molecule has 0 saturated carbocycles. The Hall–Kier alpha value is -1.79. The Kier molecular flexibility index (Phi) is 3.69. The van der Waals surface area contributed by atoms with Gasteiger partial charge in [0.05, 0.1) is 6.42 Å². The van der Waals surface area contributed by atoms with Crippen LogP contribution in [-0.4, -0.2) is 21.6 Å². The Labute approximate surface area is 107 Å². The van der Waals surface area contributed by atoms with Crippen LogP contribution in [0.5, 0.6) is 0 Å². The van der Waals surface area contributed by atoms with Crippen molar-refractivity contribution in [1.29, 1.82) is 0 Å². The first-order valence-electron chi connectivity index (χ1n) is 6.12. The van der Waals surface area contributed by atoms with Gasteiger partial charge in [-0.3, -0.25) is 4.79 Å². The molecule has 1 amide bonds. The lowest BCUT2D eigenvalue weighted by Crippen LogP contribution is -2.44. The van der Waals surface area contributed by atoms with Crippen molar-refractivity contribution in [2.24, 2.45) is 0 Å². The van der Waals surface area contributed by atoms with Gasteiger partial charge in [0.15, 0.2) is 5.72 Å². The summed E-state index contributed by atoms with van der Waals surface area (Å²) in [5.41, 5.74) is -0.0775. The molecule has 1 aliphatic heterocycles. The molecule has 0 spiro atoms. The Morgan fingerprint density at radius 1 is 1.39 bits per heavy atom. The molecule has 1 heterocycles. The number of amides is 1. The van der Waals surface area contributed by atoms with Crippen LogP contribution in [0.1, 0.15) is 31.7 Å². The van der Waals surface area contributed by atoms with E-state index in [1.807, 2.05) is 30.3 Å². The predicted molar refractivity (Wildman–Crippen MR) is 69.2 cm³/mol. The molecule has 2 rings (SSSR count). The molecule has 1 aromatic carbocycles. The molecule has 1 aromatic rings. The highest BCUT2D eigenvalue weighted by molar-refractivity contribution is 5.79. The van der Waals surface area contributed by atoms with Crippen molar-refractivity contribution in [1.82, 2.24) is 4.90 Å². The molecule has 1 unspecified atom stereocenters. The monoisotopic (exact) mass is 243 g/mol. The van der Waals surface area contributed by atoms with E-state index >= 15 is 0 Å². The van der Waals surface area contributed by atoms with Gasteiger partial charge in [-0.05, 0) is 12.5 Å². The van der Waals surface area contributed by atoms with Crippen molar-refractivity contribution in [2.45, 2.75) is 38.5 Å². The fraction of sp³-hybridized carbons (Fsp3) is 0.400. The van der Waals surface area contributed by atoms with E-state index in [1.54, 1.807) is 11.8 Å². The second-order valence-corrected chi connectivity index (χ2v) is 4.55. The number of carbonyl (C=O) groups excluding carboxylic acids is 1. The number of hydrogen-bond donors (Lipinski definition) is 1. The van der Waals surface area contributed by atoms with E-state index in [9.17, 15) is 9.90 Å². The van der Waals surface area contributed by atoms with Gasteiger partial charge in [-0.2, -0.15) is 0 Å².